The van der Waals surface area contributed by atoms with E-state index in [4.69, 9.17) is 27.9 Å². The maximum atomic E-state index is 16.1. The van der Waals surface area contributed by atoms with E-state index in [1.807, 2.05) is 6.07 Å². The number of rotatable bonds is 4. The SMILES string of the molecule is COC(=O)C12CCC(NC(=O)C3NC4(CCCCC4)C4(C(=O)Nc5cc(Cl)ccc54)C3c3cccc(Cl)c3F)(CC1)CC2. The lowest BCUT2D eigenvalue weighted by molar-refractivity contribution is -0.161. The zero-order valence-electron chi connectivity index (χ0n) is 24.2. The van der Waals surface area contributed by atoms with Crippen LogP contribution in [0.2, 0.25) is 10.0 Å². The van der Waals surface area contributed by atoms with Crippen molar-refractivity contribution in [1.29, 1.82) is 0 Å². The third kappa shape index (κ3) is 4.05. The topological polar surface area (TPSA) is 96.5 Å². The third-order valence-electron chi connectivity index (χ3n) is 11.6. The first kappa shape index (κ1) is 29.1. The van der Waals surface area contributed by atoms with Crippen LogP contribution < -0.4 is 16.0 Å². The standard InChI is InChI=1S/C33H36Cl2FN3O4/c1-43-29(42)30-12-15-31(16-13-30,17-14-30)39-27(40)26-24(20-6-5-7-22(35)25(20)36)33(32(38-26)10-3-2-4-11-32)21-9-8-19(34)18-23(21)37-28(33)41/h5-9,18,24,26,38H,2-4,10-17H2,1H3,(H,37,41)(H,39,40). The third-order valence-corrected chi connectivity index (χ3v) is 12.1. The van der Waals surface area contributed by atoms with E-state index in [-0.39, 0.29) is 28.4 Å². The second kappa shape index (κ2) is 10.2. The van der Waals surface area contributed by atoms with Gasteiger partial charge in [-0.1, -0.05) is 60.7 Å². The Morgan fingerprint density at radius 2 is 1.67 bits per heavy atom. The highest BCUT2D eigenvalue weighted by Crippen LogP contribution is 2.63. The van der Waals surface area contributed by atoms with E-state index in [0.717, 1.165) is 24.8 Å². The Hall–Kier alpha value is -2.68. The predicted molar refractivity (Wildman–Crippen MR) is 162 cm³/mol. The van der Waals surface area contributed by atoms with Gasteiger partial charge in [0.15, 0.2) is 0 Å². The van der Waals surface area contributed by atoms with Crippen molar-refractivity contribution in [2.45, 2.75) is 99.1 Å². The van der Waals surface area contributed by atoms with Crippen LogP contribution >= 0.6 is 23.2 Å². The summed E-state index contributed by atoms with van der Waals surface area (Å²) in [4.78, 5) is 41.7. The van der Waals surface area contributed by atoms with Crippen LogP contribution in [0.4, 0.5) is 10.1 Å². The van der Waals surface area contributed by atoms with Gasteiger partial charge in [-0.3, -0.25) is 19.7 Å². The largest absolute Gasteiger partial charge is 0.469 e. The lowest BCUT2D eigenvalue weighted by Gasteiger charge is -2.52. The lowest BCUT2D eigenvalue weighted by Crippen LogP contribution is -2.62. The van der Waals surface area contributed by atoms with E-state index in [0.29, 0.717) is 62.1 Å². The molecular formula is C33H36Cl2FN3O4. The number of methoxy groups -OCH3 is 1. The summed E-state index contributed by atoms with van der Waals surface area (Å²) in [7, 11) is 1.43. The molecule has 1 saturated heterocycles. The summed E-state index contributed by atoms with van der Waals surface area (Å²) in [5.41, 5.74) is -1.44. The van der Waals surface area contributed by atoms with Crippen molar-refractivity contribution in [1.82, 2.24) is 10.6 Å². The molecule has 4 aliphatic carbocycles. The summed E-state index contributed by atoms with van der Waals surface area (Å²) in [5, 5.41) is 10.6. The highest BCUT2D eigenvalue weighted by molar-refractivity contribution is 6.31. The molecule has 3 atom stereocenters. The van der Waals surface area contributed by atoms with Gasteiger partial charge in [-0.05, 0) is 80.7 Å². The van der Waals surface area contributed by atoms with Crippen molar-refractivity contribution in [2.75, 3.05) is 12.4 Å². The molecule has 3 N–H and O–H groups in total. The summed E-state index contributed by atoms with van der Waals surface area (Å²) in [6.07, 6.45) is 8.03. The van der Waals surface area contributed by atoms with Crippen LogP contribution in [0.15, 0.2) is 36.4 Å². The van der Waals surface area contributed by atoms with Crippen molar-refractivity contribution in [3.63, 3.8) is 0 Å². The molecule has 6 aliphatic rings. The molecule has 2 aromatic carbocycles. The van der Waals surface area contributed by atoms with E-state index in [9.17, 15) is 14.4 Å². The number of anilines is 1. The molecule has 3 unspecified atom stereocenters. The van der Waals surface area contributed by atoms with Gasteiger partial charge in [0.1, 0.15) is 11.2 Å². The van der Waals surface area contributed by atoms with Crippen molar-refractivity contribution in [3.05, 3.63) is 63.4 Å². The molecule has 2 heterocycles. The minimum atomic E-state index is -1.27. The molecule has 5 fully saturated rings. The zero-order chi connectivity index (χ0) is 30.2. The number of halogens is 3. The van der Waals surface area contributed by atoms with Gasteiger partial charge >= 0.3 is 5.97 Å². The van der Waals surface area contributed by atoms with Crippen LogP contribution in [0.5, 0.6) is 0 Å². The number of carbonyl (C=O) groups excluding carboxylic acids is 3. The first-order chi connectivity index (χ1) is 20.6. The van der Waals surface area contributed by atoms with E-state index >= 15 is 4.39 Å². The normalized spacial score (nSPS) is 33.8. The molecule has 8 rings (SSSR count). The fourth-order valence-electron chi connectivity index (χ4n) is 9.45. The molecule has 2 aliphatic heterocycles. The van der Waals surface area contributed by atoms with E-state index in [1.165, 1.54) is 13.2 Å². The van der Waals surface area contributed by atoms with Crippen molar-refractivity contribution in [2.24, 2.45) is 5.41 Å². The van der Waals surface area contributed by atoms with Crippen molar-refractivity contribution >= 4 is 46.7 Å². The van der Waals surface area contributed by atoms with Gasteiger partial charge in [0.2, 0.25) is 11.8 Å². The Morgan fingerprint density at radius 3 is 2.35 bits per heavy atom. The Balaban J connectivity index is 1.35. The summed E-state index contributed by atoms with van der Waals surface area (Å²) >= 11 is 12.7. The van der Waals surface area contributed by atoms with Gasteiger partial charge < -0.3 is 15.4 Å². The predicted octanol–water partition coefficient (Wildman–Crippen LogP) is 6.16. The van der Waals surface area contributed by atoms with Gasteiger partial charge in [-0.25, -0.2) is 4.39 Å². The highest BCUT2D eigenvalue weighted by atomic mass is 35.5. The molecule has 7 nitrogen and oxygen atoms in total. The average Bonchev–Trinajstić information content (AvgIpc) is 3.46. The fraction of sp³-hybridized carbons (Fsp3) is 0.545. The number of nitrogens with one attached hydrogen (secondary N) is 3. The Bertz CT molecular complexity index is 1500. The summed E-state index contributed by atoms with van der Waals surface area (Å²) < 4.78 is 21.2. The number of carbonyl (C=O) groups is 3. The van der Waals surface area contributed by atoms with Gasteiger partial charge in [-0.2, -0.15) is 0 Å². The van der Waals surface area contributed by atoms with Crippen LogP contribution in [0.3, 0.4) is 0 Å². The molecular weight excluding hydrogens is 592 g/mol. The molecule has 0 aromatic heterocycles. The molecule has 0 radical (unpaired) electrons. The minimum Gasteiger partial charge on any atom is -0.469 e. The number of hydrogen-bond donors (Lipinski definition) is 3. The number of ether oxygens (including phenoxy) is 1. The monoisotopic (exact) mass is 627 g/mol. The smallest absolute Gasteiger partial charge is 0.311 e. The Labute approximate surface area is 260 Å². The Kier molecular flexibility index (Phi) is 6.88. The average molecular weight is 629 g/mol. The lowest BCUT2D eigenvalue weighted by atomic mass is 9.55. The van der Waals surface area contributed by atoms with Gasteiger partial charge in [0, 0.05) is 27.7 Å². The zero-order valence-corrected chi connectivity index (χ0v) is 25.7. The van der Waals surface area contributed by atoms with Gasteiger partial charge in [0.05, 0.1) is 23.6 Å². The molecule has 10 heteroatoms. The van der Waals surface area contributed by atoms with Crippen LogP contribution in [0.25, 0.3) is 0 Å². The molecule has 2 amide bonds. The second-order valence-corrected chi connectivity index (χ2v) is 14.2. The number of hydrogen-bond acceptors (Lipinski definition) is 5. The first-order valence-corrected chi connectivity index (χ1v) is 16.1. The summed E-state index contributed by atoms with van der Waals surface area (Å²) in [6.45, 7) is 0. The summed E-state index contributed by atoms with van der Waals surface area (Å²) in [5.74, 6) is -2.17. The van der Waals surface area contributed by atoms with Crippen LogP contribution in [-0.4, -0.2) is 42.0 Å². The molecule has 2 aromatic rings. The van der Waals surface area contributed by atoms with E-state index in [2.05, 4.69) is 16.0 Å². The molecule has 2 bridgehead atoms. The van der Waals surface area contributed by atoms with Crippen molar-refractivity contribution in [3.8, 4) is 0 Å². The van der Waals surface area contributed by atoms with Crippen LogP contribution in [-0.2, 0) is 24.5 Å². The second-order valence-electron chi connectivity index (χ2n) is 13.4. The number of benzene rings is 2. The molecule has 228 valence electrons. The quantitative estimate of drug-likeness (QED) is 0.353. The van der Waals surface area contributed by atoms with E-state index < -0.39 is 39.7 Å². The molecule has 43 heavy (non-hydrogen) atoms. The number of amides is 2. The minimum absolute atomic E-state index is 0.0524. The number of esters is 1. The van der Waals surface area contributed by atoms with Gasteiger partial charge in [0.25, 0.3) is 0 Å². The first-order valence-electron chi connectivity index (χ1n) is 15.3. The molecule has 4 saturated carbocycles. The van der Waals surface area contributed by atoms with Crippen LogP contribution in [0, 0.1) is 11.2 Å². The maximum absolute atomic E-state index is 16.1. The van der Waals surface area contributed by atoms with Crippen molar-refractivity contribution < 1.29 is 23.5 Å². The van der Waals surface area contributed by atoms with Crippen LogP contribution in [0.1, 0.15) is 87.7 Å². The maximum Gasteiger partial charge on any atom is 0.311 e. The fourth-order valence-corrected chi connectivity index (χ4v) is 9.81. The Morgan fingerprint density at radius 1 is 0.977 bits per heavy atom. The molecule has 2 spiro atoms. The van der Waals surface area contributed by atoms with Gasteiger partial charge in [-0.15, -0.1) is 0 Å². The van der Waals surface area contributed by atoms with E-state index in [1.54, 1.807) is 24.3 Å². The summed E-state index contributed by atoms with van der Waals surface area (Å²) in [6, 6.07) is 9.27. The highest BCUT2D eigenvalue weighted by Gasteiger charge is 2.72. The number of fused-ring (bicyclic) bond motifs is 6.